The van der Waals surface area contributed by atoms with Gasteiger partial charge in [-0.05, 0) is 23.8 Å². The molecule has 0 saturated carbocycles. The molecule has 1 saturated heterocycles. The van der Waals surface area contributed by atoms with Crippen molar-refractivity contribution in [2.24, 2.45) is 5.73 Å². The number of ether oxygens (including phenoxy) is 1. The first kappa shape index (κ1) is 21.8. The highest BCUT2D eigenvalue weighted by molar-refractivity contribution is 7.89. The van der Waals surface area contributed by atoms with E-state index in [-0.39, 0.29) is 24.4 Å². The van der Waals surface area contributed by atoms with Crippen molar-refractivity contribution in [1.29, 1.82) is 0 Å². The first-order valence-corrected chi connectivity index (χ1v) is 10.9. The highest BCUT2D eigenvalue weighted by Gasteiger charge is 2.26. The van der Waals surface area contributed by atoms with Gasteiger partial charge in [-0.2, -0.15) is 4.31 Å². The third-order valence-electron chi connectivity index (χ3n) is 4.63. The fourth-order valence-corrected chi connectivity index (χ4v) is 4.63. The average molecular weight is 433 g/mol. The van der Waals surface area contributed by atoms with Crippen LogP contribution in [-0.4, -0.2) is 51.0 Å². The van der Waals surface area contributed by atoms with Gasteiger partial charge in [0.15, 0.2) is 0 Å². The zero-order valence-electron chi connectivity index (χ0n) is 16.3. The van der Waals surface area contributed by atoms with Gasteiger partial charge < -0.3 is 21.1 Å². The van der Waals surface area contributed by atoms with E-state index < -0.39 is 28.0 Å². The summed E-state index contributed by atoms with van der Waals surface area (Å²) in [6.45, 7) is 1.28. The van der Waals surface area contributed by atoms with Gasteiger partial charge in [0.2, 0.25) is 15.9 Å². The van der Waals surface area contributed by atoms with Crippen LogP contribution in [-0.2, 0) is 19.6 Å². The van der Waals surface area contributed by atoms with Crippen molar-refractivity contribution in [1.82, 2.24) is 9.62 Å². The molecule has 10 heteroatoms. The van der Waals surface area contributed by atoms with E-state index in [0.717, 1.165) is 5.56 Å². The van der Waals surface area contributed by atoms with Crippen LogP contribution >= 0.6 is 0 Å². The van der Waals surface area contributed by atoms with Crippen LogP contribution in [0.5, 0.6) is 0 Å². The second-order valence-electron chi connectivity index (χ2n) is 6.77. The van der Waals surface area contributed by atoms with E-state index in [1.165, 1.54) is 16.4 Å². The summed E-state index contributed by atoms with van der Waals surface area (Å²) < 4.78 is 32.2. The fourth-order valence-electron chi connectivity index (χ4n) is 3.18. The van der Waals surface area contributed by atoms with Gasteiger partial charge in [-0.1, -0.05) is 36.4 Å². The standard InChI is InChI=1S/C20H24N4O5S/c21-20(26)23-18(15-5-2-1-3-6-15)14-19(25)22-16-7-4-8-17(13-16)30(27,28)24-9-11-29-12-10-24/h1-8,13,18H,9-12,14H2,(H,22,25)(H3,21,23,26). The number of carbonyl (C=O) groups excluding carboxylic acids is 2. The Bertz CT molecular complexity index is 991. The molecule has 0 aromatic heterocycles. The van der Waals surface area contributed by atoms with Gasteiger partial charge in [0, 0.05) is 18.8 Å². The van der Waals surface area contributed by atoms with Crippen LogP contribution in [0, 0.1) is 0 Å². The number of rotatable bonds is 7. The number of urea groups is 1. The number of amides is 3. The molecule has 0 aliphatic carbocycles. The van der Waals surface area contributed by atoms with Gasteiger partial charge in [0.1, 0.15) is 0 Å². The number of hydrogen-bond acceptors (Lipinski definition) is 5. The van der Waals surface area contributed by atoms with Crippen LogP contribution in [0.4, 0.5) is 10.5 Å². The van der Waals surface area contributed by atoms with Crippen LogP contribution in [0.3, 0.4) is 0 Å². The minimum Gasteiger partial charge on any atom is -0.379 e. The summed E-state index contributed by atoms with van der Waals surface area (Å²) in [6, 6.07) is 13.7. The van der Waals surface area contributed by atoms with Gasteiger partial charge in [0.25, 0.3) is 0 Å². The molecule has 1 aliphatic heterocycles. The molecule has 0 spiro atoms. The molecule has 30 heavy (non-hydrogen) atoms. The summed E-state index contributed by atoms with van der Waals surface area (Å²) in [6.07, 6.45) is -0.0621. The number of nitrogens with zero attached hydrogens (tertiary/aromatic N) is 1. The van der Waals surface area contributed by atoms with Crippen molar-refractivity contribution in [2.45, 2.75) is 17.4 Å². The highest BCUT2D eigenvalue weighted by atomic mass is 32.2. The first-order chi connectivity index (χ1) is 14.4. The minimum absolute atomic E-state index is 0.0621. The largest absolute Gasteiger partial charge is 0.379 e. The van der Waals surface area contributed by atoms with Crippen molar-refractivity contribution in [3.05, 3.63) is 60.2 Å². The Morgan fingerprint density at radius 1 is 1.07 bits per heavy atom. The number of sulfonamides is 1. The molecule has 1 aliphatic rings. The van der Waals surface area contributed by atoms with Crippen molar-refractivity contribution in [3.63, 3.8) is 0 Å². The molecular formula is C20H24N4O5S. The monoisotopic (exact) mass is 432 g/mol. The van der Waals surface area contributed by atoms with E-state index in [4.69, 9.17) is 10.5 Å². The number of nitrogens with two attached hydrogens (primary N) is 1. The van der Waals surface area contributed by atoms with E-state index in [2.05, 4.69) is 10.6 Å². The zero-order chi connectivity index (χ0) is 21.6. The summed E-state index contributed by atoms with van der Waals surface area (Å²) in [5, 5.41) is 5.25. The second-order valence-corrected chi connectivity index (χ2v) is 8.71. The normalized spacial score (nSPS) is 15.9. The van der Waals surface area contributed by atoms with E-state index in [0.29, 0.717) is 18.9 Å². The molecule has 160 valence electrons. The molecule has 3 amide bonds. The lowest BCUT2D eigenvalue weighted by Crippen LogP contribution is -2.40. The molecule has 9 nitrogen and oxygen atoms in total. The molecular weight excluding hydrogens is 408 g/mol. The zero-order valence-corrected chi connectivity index (χ0v) is 17.1. The van der Waals surface area contributed by atoms with Gasteiger partial charge in [0.05, 0.1) is 30.6 Å². The molecule has 1 unspecified atom stereocenters. The third-order valence-corrected chi connectivity index (χ3v) is 6.53. The Hall–Kier alpha value is -2.95. The number of morpholine rings is 1. The lowest BCUT2D eigenvalue weighted by molar-refractivity contribution is -0.116. The fraction of sp³-hybridized carbons (Fsp3) is 0.300. The molecule has 3 rings (SSSR count). The number of primary amides is 1. The highest BCUT2D eigenvalue weighted by Crippen LogP contribution is 2.22. The Kier molecular flexibility index (Phi) is 7.03. The smallest absolute Gasteiger partial charge is 0.312 e. The summed E-state index contributed by atoms with van der Waals surface area (Å²) in [7, 11) is -3.67. The maximum atomic E-state index is 12.8. The molecule has 4 N–H and O–H groups in total. The lowest BCUT2D eigenvalue weighted by atomic mass is 10.0. The topological polar surface area (TPSA) is 131 Å². The number of anilines is 1. The second kappa shape index (κ2) is 9.70. The van der Waals surface area contributed by atoms with Gasteiger partial charge >= 0.3 is 6.03 Å². The third kappa shape index (κ3) is 5.56. The lowest BCUT2D eigenvalue weighted by Gasteiger charge is -2.26. The Balaban J connectivity index is 1.72. The predicted molar refractivity (Wildman–Crippen MR) is 111 cm³/mol. The van der Waals surface area contributed by atoms with Crippen molar-refractivity contribution in [2.75, 3.05) is 31.6 Å². The van der Waals surface area contributed by atoms with Gasteiger partial charge in [-0.25, -0.2) is 13.2 Å². The van der Waals surface area contributed by atoms with Crippen molar-refractivity contribution >= 4 is 27.6 Å². The first-order valence-electron chi connectivity index (χ1n) is 9.45. The summed E-state index contributed by atoms with van der Waals surface area (Å²) in [5.41, 5.74) is 6.31. The number of hydrogen-bond donors (Lipinski definition) is 3. The predicted octanol–water partition coefficient (Wildman–Crippen LogP) is 1.45. The minimum atomic E-state index is -3.67. The van der Waals surface area contributed by atoms with Crippen LogP contribution in [0.1, 0.15) is 18.0 Å². The van der Waals surface area contributed by atoms with Gasteiger partial charge in [-0.15, -0.1) is 0 Å². The van der Waals surface area contributed by atoms with Crippen LogP contribution in [0.25, 0.3) is 0 Å². The van der Waals surface area contributed by atoms with Crippen LogP contribution < -0.4 is 16.4 Å². The van der Waals surface area contributed by atoms with E-state index in [9.17, 15) is 18.0 Å². The summed E-state index contributed by atoms with van der Waals surface area (Å²) >= 11 is 0. The average Bonchev–Trinajstić information content (AvgIpc) is 2.74. The van der Waals surface area contributed by atoms with E-state index in [1.807, 2.05) is 6.07 Å². The molecule has 0 radical (unpaired) electrons. The Labute approximate surface area is 175 Å². The Morgan fingerprint density at radius 2 is 1.77 bits per heavy atom. The van der Waals surface area contributed by atoms with Gasteiger partial charge in [-0.3, -0.25) is 4.79 Å². The van der Waals surface area contributed by atoms with Crippen molar-refractivity contribution < 1.29 is 22.7 Å². The van der Waals surface area contributed by atoms with Crippen molar-refractivity contribution in [3.8, 4) is 0 Å². The quantitative estimate of drug-likeness (QED) is 0.609. The summed E-state index contributed by atoms with van der Waals surface area (Å²) in [4.78, 5) is 24.0. The molecule has 2 aromatic carbocycles. The summed E-state index contributed by atoms with van der Waals surface area (Å²) in [5.74, 6) is -0.390. The molecule has 1 atom stereocenters. The number of nitrogens with one attached hydrogen (secondary N) is 2. The maximum absolute atomic E-state index is 12.8. The number of benzene rings is 2. The SMILES string of the molecule is NC(=O)NC(CC(=O)Nc1cccc(S(=O)(=O)N2CCOCC2)c1)c1ccccc1. The van der Waals surface area contributed by atoms with Crippen LogP contribution in [0.2, 0.25) is 0 Å². The Morgan fingerprint density at radius 3 is 2.43 bits per heavy atom. The molecule has 0 bridgehead atoms. The molecule has 2 aromatic rings. The molecule has 1 fully saturated rings. The van der Waals surface area contributed by atoms with E-state index >= 15 is 0 Å². The number of carbonyl (C=O) groups is 2. The van der Waals surface area contributed by atoms with Crippen LogP contribution in [0.15, 0.2) is 59.5 Å². The molecule has 1 heterocycles. The maximum Gasteiger partial charge on any atom is 0.312 e. The van der Waals surface area contributed by atoms with E-state index in [1.54, 1.807) is 36.4 Å².